The monoisotopic (exact) mass is 478 g/mol. The fraction of sp³-hybridized carbons (Fsp3) is 0.231. The van der Waals surface area contributed by atoms with Gasteiger partial charge in [-0.25, -0.2) is 4.39 Å². The third-order valence-corrected chi connectivity index (χ3v) is 6.68. The standard InChI is InChI=1S/C26H23FN2O4S/c1-26-15-21(20-5-4-6-22(32-3)23(20)33-26)28(24(30)16-7-13-19(31-2)14-8-16)25(34)29(26)18-11-9-17(27)10-12-18/h4-14,21H,15H2,1-3H3. The summed E-state index contributed by atoms with van der Waals surface area (Å²) < 4.78 is 31.0. The van der Waals surface area contributed by atoms with Crippen molar-refractivity contribution in [2.75, 3.05) is 19.1 Å². The number of methoxy groups -OCH3 is 2. The van der Waals surface area contributed by atoms with E-state index in [1.165, 1.54) is 12.1 Å². The molecule has 1 fully saturated rings. The average molecular weight is 479 g/mol. The number of fused-ring (bicyclic) bond motifs is 4. The molecule has 1 amide bonds. The highest BCUT2D eigenvalue weighted by molar-refractivity contribution is 7.80. The second-order valence-corrected chi connectivity index (χ2v) is 8.74. The van der Waals surface area contributed by atoms with E-state index < -0.39 is 5.72 Å². The van der Waals surface area contributed by atoms with E-state index in [0.717, 1.165) is 5.56 Å². The van der Waals surface area contributed by atoms with E-state index in [2.05, 4.69) is 0 Å². The Labute approximate surface area is 202 Å². The number of nitrogens with zero attached hydrogens (tertiary/aromatic N) is 2. The van der Waals surface area contributed by atoms with Gasteiger partial charge in [0.25, 0.3) is 5.91 Å². The number of benzene rings is 3. The normalized spacial score (nSPS) is 20.9. The van der Waals surface area contributed by atoms with Crippen LogP contribution in [0.3, 0.4) is 0 Å². The molecule has 3 aromatic rings. The van der Waals surface area contributed by atoms with Gasteiger partial charge in [0.2, 0.25) is 0 Å². The summed E-state index contributed by atoms with van der Waals surface area (Å²) in [5.74, 6) is 1.17. The van der Waals surface area contributed by atoms with Crippen LogP contribution in [0.5, 0.6) is 17.2 Å². The van der Waals surface area contributed by atoms with Gasteiger partial charge in [0, 0.05) is 23.2 Å². The van der Waals surface area contributed by atoms with Crippen molar-refractivity contribution < 1.29 is 23.4 Å². The van der Waals surface area contributed by atoms with Gasteiger partial charge < -0.3 is 14.2 Å². The summed E-state index contributed by atoms with van der Waals surface area (Å²) in [7, 11) is 3.15. The zero-order valence-electron chi connectivity index (χ0n) is 18.9. The minimum Gasteiger partial charge on any atom is -0.497 e. The number of anilines is 1. The fourth-order valence-corrected chi connectivity index (χ4v) is 5.19. The van der Waals surface area contributed by atoms with Crippen LogP contribution in [-0.4, -0.2) is 35.9 Å². The largest absolute Gasteiger partial charge is 0.497 e. The molecule has 0 saturated carbocycles. The van der Waals surface area contributed by atoms with Crippen LogP contribution in [0.25, 0.3) is 0 Å². The molecule has 2 bridgehead atoms. The summed E-state index contributed by atoms with van der Waals surface area (Å²) in [6, 6.07) is 18.1. The van der Waals surface area contributed by atoms with Crippen molar-refractivity contribution in [1.29, 1.82) is 0 Å². The number of para-hydroxylation sites is 1. The molecule has 5 rings (SSSR count). The highest BCUT2D eigenvalue weighted by Gasteiger charge is 2.54. The van der Waals surface area contributed by atoms with Crippen LogP contribution in [0, 0.1) is 5.82 Å². The maximum Gasteiger partial charge on any atom is 0.260 e. The number of carbonyl (C=O) groups is 1. The topological polar surface area (TPSA) is 51.2 Å². The Kier molecular flexibility index (Phi) is 5.40. The molecule has 0 aliphatic carbocycles. The summed E-state index contributed by atoms with van der Waals surface area (Å²) in [5, 5.41) is 0.277. The summed E-state index contributed by atoms with van der Waals surface area (Å²) in [6.07, 6.45) is 0.451. The first-order chi connectivity index (χ1) is 16.4. The van der Waals surface area contributed by atoms with Gasteiger partial charge in [0.15, 0.2) is 22.3 Å². The molecule has 2 aliphatic rings. The van der Waals surface area contributed by atoms with Gasteiger partial charge in [-0.2, -0.15) is 0 Å². The number of hydrogen-bond donors (Lipinski definition) is 0. The molecule has 174 valence electrons. The molecule has 8 heteroatoms. The Morgan fingerprint density at radius 3 is 2.41 bits per heavy atom. The number of halogens is 1. The molecule has 0 N–H and O–H groups in total. The van der Waals surface area contributed by atoms with Crippen LogP contribution < -0.4 is 19.1 Å². The maximum atomic E-state index is 13.8. The zero-order chi connectivity index (χ0) is 24.0. The van der Waals surface area contributed by atoms with E-state index in [1.54, 1.807) is 60.4 Å². The lowest BCUT2D eigenvalue weighted by molar-refractivity contribution is 0.0162. The third kappa shape index (κ3) is 3.45. The van der Waals surface area contributed by atoms with Crippen molar-refractivity contribution in [1.82, 2.24) is 4.90 Å². The van der Waals surface area contributed by atoms with E-state index in [0.29, 0.717) is 34.9 Å². The molecular formula is C26H23FN2O4S. The van der Waals surface area contributed by atoms with E-state index >= 15 is 0 Å². The van der Waals surface area contributed by atoms with Crippen molar-refractivity contribution in [2.45, 2.75) is 25.1 Å². The fourth-order valence-electron chi connectivity index (χ4n) is 4.68. The van der Waals surface area contributed by atoms with Crippen molar-refractivity contribution in [2.24, 2.45) is 0 Å². The van der Waals surface area contributed by atoms with E-state index in [1.807, 2.05) is 25.1 Å². The number of ether oxygens (including phenoxy) is 3. The van der Waals surface area contributed by atoms with Gasteiger partial charge in [-0.3, -0.25) is 14.6 Å². The second kappa shape index (κ2) is 8.29. The Hall–Kier alpha value is -3.65. The Morgan fingerprint density at radius 1 is 1.06 bits per heavy atom. The number of carbonyl (C=O) groups excluding carboxylic acids is 1. The van der Waals surface area contributed by atoms with Gasteiger partial charge in [0.1, 0.15) is 11.6 Å². The zero-order valence-corrected chi connectivity index (χ0v) is 19.8. The average Bonchev–Trinajstić information content (AvgIpc) is 2.84. The number of rotatable bonds is 4. The summed E-state index contributed by atoms with van der Waals surface area (Å²) in [6.45, 7) is 1.92. The van der Waals surface area contributed by atoms with Crippen LogP contribution in [0.15, 0.2) is 66.7 Å². The predicted molar refractivity (Wildman–Crippen MR) is 130 cm³/mol. The van der Waals surface area contributed by atoms with Crippen molar-refractivity contribution >= 4 is 28.9 Å². The molecule has 34 heavy (non-hydrogen) atoms. The lowest BCUT2D eigenvalue weighted by Crippen LogP contribution is -2.67. The molecule has 2 atom stereocenters. The van der Waals surface area contributed by atoms with Crippen LogP contribution in [-0.2, 0) is 0 Å². The van der Waals surface area contributed by atoms with Crippen molar-refractivity contribution in [3.8, 4) is 17.2 Å². The van der Waals surface area contributed by atoms with Gasteiger partial charge in [0.05, 0.1) is 20.3 Å². The lowest BCUT2D eigenvalue weighted by Gasteiger charge is -2.55. The van der Waals surface area contributed by atoms with Crippen LogP contribution in [0.1, 0.15) is 35.3 Å². The molecule has 2 unspecified atom stereocenters. The number of thiocarbonyl (C=S) groups is 1. The minimum absolute atomic E-state index is 0.248. The molecule has 2 heterocycles. The molecule has 0 radical (unpaired) electrons. The van der Waals surface area contributed by atoms with E-state index in [9.17, 15) is 9.18 Å². The SMILES string of the molecule is COc1ccc(C(=O)N2C(=S)N(c3ccc(F)cc3)C3(C)CC2c2cccc(OC)c2O3)cc1. The Balaban J connectivity index is 1.67. The van der Waals surface area contributed by atoms with E-state index in [-0.39, 0.29) is 22.9 Å². The van der Waals surface area contributed by atoms with E-state index in [4.69, 9.17) is 26.4 Å². The number of amides is 1. The Bertz CT molecular complexity index is 1260. The first kappa shape index (κ1) is 22.2. The first-order valence-electron chi connectivity index (χ1n) is 10.8. The van der Waals surface area contributed by atoms with Crippen LogP contribution >= 0.6 is 12.2 Å². The molecule has 2 aliphatic heterocycles. The molecular weight excluding hydrogens is 455 g/mol. The number of hydrogen-bond acceptors (Lipinski definition) is 5. The summed E-state index contributed by atoms with van der Waals surface area (Å²) >= 11 is 5.91. The molecule has 3 aromatic carbocycles. The molecule has 1 saturated heterocycles. The highest BCUT2D eigenvalue weighted by Crippen LogP contribution is 2.52. The minimum atomic E-state index is -0.919. The molecule has 0 spiro atoms. The maximum absolute atomic E-state index is 13.8. The molecule has 6 nitrogen and oxygen atoms in total. The first-order valence-corrected chi connectivity index (χ1v) is 11.2. The van der Waals surface area contributed by atoms with Crippen LogP contribution in [0.4, 0.5) is 10.1 Å². The van der Waals surface area contributed by atoms with Gasteiger partial charge in [-0.05, 0) is 73.7 Å². The molecule has 0 aromatic heterocycles. The van der Waals surface area contributed by atoms with Crippen molar-refractivity contribution in [3.05, 3.63) is 83.7 Å². The van der Waals surface area contributed by atoms with Crippen LogP contribution in [0.2, 0.25) is 0 Å². The summed E-state index contributed by atoms with van der Waals surface area (Å²) in [5.41, 5.74) is 0.998. The highest BCUT2D eigenvalue weighted by atomic mass is 32.1. The van der Waals surface area contributed by atoms with Gasteiger partial charge in [-0.1, -0.05) is 12.1 Å². The Morgan fingerprint density at radius 2 is 1.76 bits per heavy atom. The van der Waals surface area contributed by atoms with Gasteiger partial charge in [-0.15, -0.1) is 0 Å². The third-order valence-electron chi connectivity index (χ3n) is 6.30. The smallest absolute Gasteiger partial charge is 0.260 e. The lowest BCUT2D eigenvalue weighted by atomic mass is 9.88. The van der Waals surface area contributed by atoms with Crippen molar-refractivity contribution in [3.63, 3.8) is 0 Å². The second-order valence-electron chi connectivity index (χ2n) is 8.37. The van der Waals surface area contributed by atoms with Gasteiger partial charge >= 0.3 is 0 Å². The summed E-state index contributed by atoms with van der Waals surface area (Å²) in [4.78, 5) is 17.2. The quantitative estimate of drug-likeness (QED) is 0.473. The predicted octanol–water partition coefficient (Wildman–Crippen LogP) is 5.33.